The molecule has 1 saturated heterocycles. The van der Waals surface area contributed by atoms with Crippen LogP contribution in [0.3, 0.4) is 0 Å². The van der Waals surface area contributed by atoms with Gasteiger partial charge < -0.3 is 19.9 Å². The molecule has 0 amide bonds. The predicted octanol–water partition coefficient (Wildman–Crippen LogP) is 1.61. The fraction of sp³-hybridized carbons (Fsp3) is 0.625. The standard InChI is InChI=1S/C16H25NO3/c1-3-13-5-4-6-15(7-13)20-9-14(18)8-17-10-16(2)11-19-12-16/h4-7,14,17-18H,3,8-12H2,1-2H3. The van der Waals surface area contributed by atoms with E-state index in [1.165, 1.54) is 5.56 Å². The lowest BCUT2D eigenvalue weighted by Gasteiger charge is -2.38. The van der Waals surface area contributed by atoms with Crippen molar-refractivity contribution >= 4 is 0 Å². The number of aliphatic hydroxyl groups excluding tert-OH is 1. The SMILES string of the molecule is CCc1cccc(OCC(O)CNCC2(C)COC2)c1. The monoisotopic (exact) mass is 279 g/mol. The lowest BCUT2D eigenvalue weighted by Crippen LogP contribution is -2.48. The minimum absolute atomic E-state index is 0.232. The van der Waals surface area contributed by atoms with E-state index in [2.05, 4.69) is 25.2 Å². The van der Waals surface area contributed by atoms with Crippen LogP contribution in [0.15, 0.2) is 24.3 Å². The van der Waals surface area contributed by atoms with E-state index in [-0.39, 0.29) is 5.41 Å². The predicted molar refractivity (Wildman–Crippen MR) is 79.1 cm³/mol. The highest BCUT2D eigenvalue weighted by molar-refractivity contribution is 5.28. The van der Waals surface area contributed by atoms with Crippen LogP contribution < -0.4 is 10.1 Å². The fourth-order valence-corrected chi connectivity index (χ4v) is 2.20. The zero-order chi connectivity index (χ0) is 14.4. The van der Waals surface area contributed by atoms with E-state index in [1.54, 1.807) is 0 Å². The van der Waals surface area contributed by atoms with Crippen molar-refractivity contribution in [3.05, 3.63) is 29.8 Å². The van der Waals surface area contributed by atoms with E-state index in [1.807, 2.05) is 18.2 Å². The summed E-state index contributed by atoms with van der Waals surface area (Å²) in [6.45, 7) is 7.63. The summed E-state index contributed by atoms with van der Waals surface area (Å²) >= 11 is 0. The summed E-state index contributed by atoms with van der Waals surface area (Å²) in [6.07, 6.45) is 0.493. The second-order valence-electron chi connectivity index (χ2n) is 5.90. The van der Waals surface area contributed by atoms with E-state index < -0.39 is 6.10 Å². The smallest absolute Gasteiger partial charge is 0.119 e. The third-order valence-corrected chi connectivity index (χ3v) is 3.58. The Balaban J connectivity index is 1.65. The molecular weight excluding hydrogens is 254 g/mol. The first kappa shape index (κ1) is 15.3. The quantitative estimate of drug-likeness (QED) is 0.759. The van der Waals surface area contributed by atoms with Crippen molar-refractivity contribution in [2.75, 3.05) is 32.9 Å². The molecule has 1 aliphatic heterocycles. The maximum Gasteiger partial charge on any atom is 0.119 e. The zero-order valence-electron chi connectivity index (χ0n) is 12.4. The second kappa shape index (κ2) is 7.07. The molecule has 1 heterocycles. The van der Waals surface area contributed by atoms with Gasteiger partial charge in [-0.25, -0.2) is 0 Å². The Labute approximate surface area is 121 Å². The Bertz CT molecular complexity index is 418. The number of hydrogen-bond acceptors (Lipinski definition) is 4. The molecule has 1 aliphatic rings. The summed E-state index contributed by atoms with van der Waals surface area (Å²) < 4.78 is 10.8. The molecule has 112 valence electrons. The van der Waals surface area contributed by atoms with E-state index in [0.29, 0.717) is 13.2 Å². The number of rotatable bonds is 8. The van der Waals surface area contributed by atoms with Gasteiger partial charge >= 0.3 is 0 Å². The highest BCUT2D eigenvalue weighted by Crippen LogP contribution is 2.24. The second-order valence-corrected chi connectivity index (χ2v) is 5.90. The Morgan fingerprint density at radius 2 is 2.25 bits per heavy atom. The first-order valence-corrected chi connectivity index (χ1v) is 7.29. The molecule has 0 spiro atoms. The van der Waals surface area contributed by atoms with Gasteiger partial charge in [-0.2, -0.15) is 0 Å². The first-order valence-electron chi connectivity index (χ1n) is 7.29. The molecule has 1 unspecified atom stereocenters. The minimum atomic E-state index is -0.495. The van der Waals surface area contributed by atoms with Crippen LogP contribution in [0.4, 0.5) is 0 Å². The third kappa shape index (κ3) is 4.47. The van der Waals surface area contributed by atoms with Gasteiger partial charge in [0.15, 0.2) is 0 Å². The average Bonchev–Trinajstić information content (AvgIpc) is 2.43. The van der Waals surface area contributed by atoms with E-state index >= 15 is 0 Å². The molecule has 2 N–H and O–H groups in total. The minimum Gasteiger partial charge on any atom is -0.491 e. The summed E-state index contributed by atoms with van der Waals surface area (Å²) in [5.41, 5.74) is 1.48. The average molecular weight is 279 g/mol. The van der Waals surface area contributed by atoms with Crippen molar-refractivity contribution in [1.82, 2.24) is 5.32 Å². The van der Waals surface area contributed by atoms with Crippen molar-refractivity contribution in [3.63, 3.8) is 0 Å². The number of nitrogens with one attached hydrogen (secondary N) is 1. The Hall–Kier alpha value is -1.10. The van der Waals surface area contributed by atoms with Crippen LogP contribution in [0.5, 0.6) is 5.75 Å². The molecule has 20 heavy (non-hydrogen) atoms. The van der Waals surface area contributed by atoms with Crippen LogP contribution >= 0.6 is 0 Å². The molecule has 0 radical (unpaired) electrons. The molecule has 4 nitrogen and oxygen atoms in total. The van der Waals surface area contributed by atoms with Crippen LogP contribution in [0.1, 0.15) is 19.4 Å². The summed E-state index contributed by atoms with van der Waals surface area (Å²) in [7, 11) is 0. The highest BCUT2D eigenvalue weighted by Gasteiger charge is 2.32. The summed E-state index contributed by atoms with van der Waals surface area (Å²) in [5, 5.41) is 13.2. The number of hydrogen-bond donors (Lipinski definition) is 2. The Morgan fingerprint density at radius 1 is 1.45 bits per heavy atom. The van der Waals surface area contributed by atoms with E-state index in [4.69, 9.17) is 9.47 Å². The lowest BCUT2D eigenvalue weighted by molar-refractivity contribution is -0.0997. The van der Waals surface area contributed by atoms with E-state index in [9.17, 15) is 5.11 Å². The van der Waals surface area contributed by atoms with Gasteiger partial charge in [0.05, 0.1) is 13.2 Å². The Morgan fingerprint density at radius 3 is 2.90 bits per heavy atom. The van der Waals surface area contributed by atoms with Gasteiger partial charge in [0.2, 0.25) is 0 Å². The molecule has 0 aliphatic carbocycles. The van der Waals surface area contributed by atoms with Crippen LogP contribution in [0.25, 0.3) is 0 Å². The van der Waals surface area contributed by atoms with Gasteiger partial charge in [-0.3, -0.25) is 0 Å². The van der Waals surface area contributed by atoms with Gasteiger partial charge in [-0.05, 0) is 24.1 Å². The summed E-state index contributed by atoms with van der Waals surface area (Å²) in [4.78, 5) is 0. The number of aryl methyl sites for hydroxylation is 1. The molecular formula is C16H25NO3. The van der Waals surface area contributed by atoms with Gasteiger partial charge in [-0.15, -0.1) is 0 Å². The molecule has 1 aromatic carbocycles. The maximum absolute atomic E-state index is 9.91. The maximum atomic E-state index is 9.91. The number of ether oxygens (including phenoxy) is 2. The van der Waals surface area contributed by atoms with Crippen molar-refractivity contribution < 1.29 is 14.6 Å². The molecule has 1 atom stereocenters. The van der Waals surface area contributed by atoms with Gasteiger partial charge in [0.25, 0.3) is 0 Å². The van der Waals surface area contributed by atoms with Crippen molar-refractivity contribution in [1.29, 1.82) is 0 Å². The molecule has 0 saturated carbocycles. The number of aliphatic hydroxyl groups is 1. The first-order chi connectivity index (χ1) is 9.61. The molecule has 4 heteroatoms. The number of benzene rings is 1. The topological polar surface area (TPSA) is 50.7 Å². The highest BCUT2D eigenvalue weighted by atomic mass is 16.5. The van der Waals surface area contributed by atoms with Crippen LogP contribution in [0.2, 0.25) is 0 Å². The molecule has 0 aromatic heterocycles. The zero-order valence-corrected chi connectivity index (χ0v) is 12.4. The molecule has 1 fully saturated rings. The van der Waals surface area contributed by atoms with Gasteiger partial charge in [0.1, 0.15) is 18.5 Å². The summed E-state index contributed by atoms with van der Waals surface area (Å²) in [6, 6.07) is 8.00. The molecule has 0 bridgehead atoms. The van der Waals surface area contributed by atoms with Crippen LogP contribution in [-0.2, 0) is 11.2 Å². The van der Waals surface area contributed by atoms with Gasteiger partial charge in [-0.1, -0.05) is 26.0 Å². The van der Waals surface area contributed by atoms with Gasteiger partial charge in [0, 0.05) is 18.5 Å². The lowest BCUT2D eigenvalue weighted by atomic mass is 9.89. The van der Waals surface area contributed by atoms with Crippen LogP contribution in [0, 0.1) is 5.41 Å². The van der Waals surface area contributed by atoms with Crippen molar-refractivity contribution in [2.45, 2.75) is 26.4 Å². The molecule has 1 aromatic rings. The normalized spacial score (nSPS) is 18.4. The Kier molecular flexibility index (Phi) is 5.40. The fourth-order valence-electron chi connectivity index (χ4n) is 2.20. The van der Waals surface area contributed by atoms with E-state index in [0.717, 1.165) is 31.9 Å². The largest absolute Gasteiger partial charge is 0.491 e. The molecule has 2 rings (SSSR count). The third-order valence-electron chi connectivity index (χ3n) is 3.58. The van der Waals surface area contributed by atoms with Crippen LogP contribution in [-0.4, -0.2) is 44.1 Å². The van der Waals surface area contributed by atoms with Crippen molar-refractivity contribution in [3.8, 4) is 5.75 Å². The summed E-state index contributed by atoms with van der Waals surface area (Å²) in [5.74, 6) is 0.822. The van der Waals surface area contributed by atoms with Crippen molar-refractivity contribution in [2.24, 2.45) is 5.41 Å².